The van der Waals surface area contributed by atoms with Crippen LogP contribution in [0.1, 0.15) is 12.8 Å². The Morgan fingerprint density at radius 2 is 1.95 bits per heavy atom. The zero-order valence-electron chi connectivity index (χ0n) is 11.9. The summed E-state index contributed by atoms with van der Waals surface area (Å²) in [5, 5.41) is 0. The quantitative estimate of drug-likeness (QED) is 0.670. The lowest BCUT2D eigenvalue weighted by molar-refractivity contribution is -0.122. The first-order chi connectivity index (χ1) is 9.85. The van der Waals surface area contributed by atoms with Gasteiger partial charge in [0.15, 0.2) is 0 Å². The molecule has 0 bridgehead atoms. The second kappa shape index (κ2) is 5.90. The van der Waals surface area contributed by atoms with Gasteiger partial charge >= 0.3 is 0 Å². The number of anilines is 2. The number of carbonyl (C=O) groups excluding carboxylic acids is 1. The van der Waals surface area contributed by atoms with Crippen LogP contribution in [-0.2, 0) is 14.8 Å². The summed E-state index contributed by atoms with van der Waals surface area (Å²) in [6, 6.07) is 4.62. The van der Waals surface area contributed by atoms with Crippen LogP contribution in [0.3, 0.4) is 0 Å². The molecule has 8 heteroatoms. The highest BCUT2D eigenvalue weighted by Gasteiger charge is 2.25. The van der Waals surface area contributed by atoms with Crippen molar-refractivity contribution in [1.29, 1.82) is 0 Å². The molecular weight excluding hydrogens is 292 g/mol. The second-order valence-electron chi connectivity index (χ2n) is 5.09. The van der Waals surface area contributed by atoms with Crippen molar-refractivity contribution in [2.24, 2.45) is 11.7 Å². The van der Waals surface area contributed by atoms with Gasteiger partial charge in [0.2, 0.25) is 15.9 Å². The fourth-order valence-corrected chi connectivity index (χ4v) is 3.24. The largest absolute Gasteiger partial charge is 0.397 e. The van der Waals surface area contributed by atoms with Gasteiger partial charge in [0.05, 0.1) is 16.3 Å². The first-order valence-electron chi connectivity index (χ1n) is 6.72. The number of rotatable bonds is 4. The molecule has 0 atom stereocenters. The maximum atomic E-state index is 11.9. The van der Waals surface area contributed by atoms with Gasteiger partial charge < -0.3 is 16.4 Å². The fraction of sp³-hybridized carbons (Fsp3) is 0.462. The Morgan fingerprint density at radius 3 is 2.48 bits per heavy atom. The van der Waals surface area contributed by atoms with Crippen LogP contribution in [0.4, 0.5) is 11.4 Å². The minimum absolute atomic E-state index is 0.119. The second-order valence-corrected chi connectivity index (χ2v) is 6.98. The van der Waals surface area contributed by atoms with Gasteiger partial charge in [-0.25, -0.2) is 13.1 Å². The smallest absolute Gasteiger partial charge is 0.240 e. The average Bonchev–Trinajstić information content (AvgIpc) is 2.47. The van der Waals surface area contributed by atoms with Crippen LogP contribution in [0.5, 0.6) is 0 Å². The maximum absolute atomic E-state index is 11.9. The molecule has 1 aromatic rings. The lowest BCUT2D eigenvalue weighted by Crippen LogP contribution is -2.38. The lowest BCUT2D eigenvalue weighted by atomic mass is 9.96. The van der Waals surface area contributed by atoms with Crippen LogP contribution in [0.2, 0.25) is 0 Å². The summed E-state index contributed by atoms with van der Waals surface area (Å²) >= 11 is 0. The Labute approximate surface area is 124 Å². The number of hydrogen-bond donors (Lipinski definition) is 3. The normalized spacial score (nSPS) is 16.9. The minimum atomic E-state index is -3.51. The Kier molecular flexibility index (Phi) is 4.38. The Morgan fingerprint density at radius 1 is 1.33 bits per heavy atom. The van der Waals surface area contributed by atoms with Gasteiger partial charge in [-0.2, -0.15) is 0 Å². The van der Waals surface area contributed by atoms with Crippen molar-refractivity contribution in [3.8, 4) is 0 Å². The molecule has 0 aliphatic carbocycles. The van der Waals surface area contributed by atoms with Crippen molar-refractivity contribution >= 4 is 27.3 Å². The summed E-state index contributed by atoms with van der Waals surface area (Å²) < 4.78 is 26.0. The van der Waals surface area contributed by atoms with Gasteiger partial charge in [-0.3, -0.25) is 4.79 Å². The third kappa shape index (κ3) is 3.27. The van der Waals surface area contributed by atoms with Crippen molar-refractivity contribution in [3.05, 3.63) is 18.2 Å². The lowest BCUT2D eigenvalue weighted by Gasteiger charge is -2.33. The van der Waals surface area contributed by atoms with E-state index in [9.17, 15) is 13.2 Å². The highest BCUT2D eigenvalue weighted by molar-refractivity contribution is 7.89. The summed E-state index contributed by atoms with van der Waals surface area (Å²) in [5.41, 5.74) is 12.5. The molecule has 1 aromatic carbocycles. The third-order valence-corrected chi connectivity index (χ3v) is 5.23. The zero-order chi connectivity index (χ0) is 15.6. The summed E-state index contributed by atoms with van der Waals surface area (Å²) in [5.74, 6) is -0.402. The molecule has 0 unspecified atom stereocenters. The Balaban J connectivity index is 2.25. The van der Waals surface area contributed by atoms with Gasteiger partial charge in [0, 0.05) is 19.0 Å². The molecule has 1 fully saturated rings. The number of hydrogen-bond acceptors (Lipinski definition) is 5. The predicted molar refractivity (Wildman–Crippen MR) is 81.2 cm³/mol. The van der Waals surface area contributed by atoms with Gasteiger partial charge in [0.25, 0.3) is 0 Å². The van der Waals surface area contributed by atoms with E-state index in [2.05, 4.69) is 4.72 Å². The van der Waals surface area contributed by atoms with E-state index in [-0.39, 0.29) is 16.7 Å². The molecule has 1 heterocycles. The maximum Gasteiger partial charge on any atom is 0.240 e. The first-order valence-corrected chi connectivity index (χ1v) is 8.21. The molecule has 0 aromatic heterocycles. The highest BCUT2D eigenvalue weighted by Crippen LogP contribution is 2.30. The number of nitrogen functional groups attached to an aromatic ring is 1. The van der Waals surface area contributed by atoms with Crippen LogP contribution < -0.4 is 21.1 Å². The number of amides is 1. The van der Waals surface area contributed by atoms with E-state index in [1.54, 1.807) is 12.1 Å². The van der Waals surface area contributed by atoms with Crippen molar-refractivity contribution in [3.63, 3.8) is 0 Å². The van der Waals surface area contributed by atoms with E-state index in [4.69, 9.17) is 11.5 Å². The number of nitrogens with two attached hydrogens (primary N) is 2. The Hall–Kier alpha value is -1.80. The van der Waals surface area contributed by atoms with Gasteiger partial charge in [0.1, 0.15) is 0 Å². The molecule has 0 radical (unpaired) electrons. The number of primary amides is 1. The summed E-state index contributed by atoms with van der Waals surface area (Å²) in [4.78, 5) is 13.3. The van der Waals surface area contributed by atoms with E-state index < -0.39 is 10.0 Å². The van der Waals surface area contributed by atoms with Crippen molar-refractivity contribution in [1.82, 2.24) is 4.72 Å². The molecule has 2 rings (SSSR count). The van der Waals surface area contributed by atoms with Crippen LogP contribution in [0.25, 0.3) is 0 Å². The summed E-state index contributed by atoms with van der Waals surface area (Å²) in [6.07, 6.45) is 1.30. The van der Waals surface area contributed by atoms with Gasteiger partial charge in [-0.1, -0.05) is 0 Å². The summed E-state index contributed by atoms with van der Waals surface area (Å²) in [6.45, 7) is 1.25. The van der Waals surface area contributed by atoms with E-state index in [1.807, 2.05) is 4.90 Å². The number of benzene rings is 1. The topological polar surface area (TPSA) is 119 Å². The molecule has 21 heavy (non-hydrogen) atoms. The number of nitrogens with one attached hydrogen (secondary N) is 1. The van der Waals surface area contributed by atoms with Crippen molar-refractivity contribution in [2.75, 3.05) is 30.8 Å². The molecule has 0 saturated carbocycles. The predicted octanol–water partition coefficient (Wildman–Crippen LogP) is -0.121. The molecule has 1 saturated heterocycles. The molecular formula is C13H20N4O3S. The van der Waals surface area contributed by atoms with Crippen LogP contribution in [0, 0.1) is 5.92 Å². The van der Waals surface area contributed by atoms with E-state index in [1.165, 1.54) is 13.1 Å². The van der Waals surface area contributed by atoms with E-state index >= 15 is 0 Å². The molecule has 116 valence electrons. The molecule has 1 aliphatic heterocycles. The van der Waals surface area contributed by atoms with E-state index in [0.717, 1.165) is 0 Å². The molecule has 0 spiro atoms. The van der Waals surface area contributed by atoms with Crippen LogP contribution in [0.15, 0.2) is 23.1 Å². The standard InChI is InChI=1S/C13H20N4O3S/c1-16-21(19,20)10-2-3-11(14)12(8-10)17-6-4-9(5-7-17)13(15)18/h2-3,8-9,16H,4-7,14H2,1H3,(H2,15,18). The molecule has 5 N–H and O–H groups in total. The number of sulfonamides is 1. The van der Waals surface area contributed by atoms with Crippen molar-refractivity contribution < 1.29 is 13.2 Å². The molecule has 7 nitrogen and oxygen atoms in total. The number of carbonyl (C=O) groups is 1. The SMILES string of the molecule is CNS(=O)(=O)c1ccc(N)c(N2CCC(C(N)=O)CC2)c1. The molecule has 1 aliphatic rings. The van der Waals surface area contributed by atoms with Crippen LogP contribution >= 0.6 is 0 Å². The fourth-order valence-electron chi connectivity index (χ4n) is 2.49. The van der Waals surface area contributed by atoms with Gasteiger partial charge in [-0.15, -0.1) is 0 Å². The minimum Gasteiger partial charge on any atom is -0.397 e. The van der Waals surface area contributed by atoms with Crippen LogP contribution in [-0.4, -0.2) is 34.5 Å². The van der Waals surface area contributed by atoms with Gasteiger partial charge in [-0.05, 0) is 38.1 Å². The monoisotopic (exact) mass is 312 g/mol. The number of nitrogens with zero attached hydrogens (tertiary/aromatic N) is 1. The zero-order valence-corrected chi connectivity index (χ0v) is 12.7. The van der Waals surface area contributed by atoms with Crippen molar-refractivity contribution in [2.45, 2.75) is 17.7 Å². The first kappa shape index (κ1) is 15.6. The third-order valence-electron chi connectivity index (χ3n) is 3.82. The average molecular weight is 312 g/mol. The Bertz CT molecular complexity index is 637. The summed E-state index contributed by atoms with van der Waals surface area (Å²) in [7, 11) is -2.14. The highest BCUT2D eigenvalue weighted by atomic mass is 32.2. The number of piperidine rings is 1. The molecule has 1 amide bonds. The van der Waals surface area contributed by atoms with E-state index in [0.29, 0.717) is 37.3 Å².